The molecular weight excluding hydrogens is 350 g/mol. The number of amides is 1. The Bertz CT molecular complexity index is 946. The van der Waals surface area contributed by atoms with Gasteiger partial charge in [-0.2, -0.15) is 5.10 Å². The molecule has 1 N–H and O–H groups in total. The first-order valence-corrected chi connectivity index (χ1v) is 8.33. The van der Waals surface area contributed by atoms with Crippen LogP contribution in [0.1, 0.15) is 18.1 Å². The van der Waals surface area contributed by atoms with Gasteiger partial charge in [-0.15, -0.1) is 5.10 Å². The van der Waals surface area contributed by atoms with E-state index in [0.717, 1.165) is 11.8 Å². The summed E-state index contributed by atoms with van der Waals surface area (Å²) in [5, 5.41) is 21.5. The Hall–Kier alpha value is -3.56. The smallest absolute Gasteiger partial charge is 0.293 e. The Kier molecular flexibility index (Phi) is 5.25. The molecule has 1 atom stereocenters. The zero-order valence-electron chi connectivity index (χ0n) is 14.9. The highest BCUT2D eigenvalue weighted by atomic mass is 16.6. The van der Waals surface area contributed by atoms with E-state index in [1.165, 1.54) is 16.4 Å². The lowest BCUT2D eigenvalue weighted by Crippen LogP contribution is -2.25. The molecule has 2 aromatic heterocycles. The predicted molar refractivity (Wildman–Crippen MR) is 97.0 cm³/mol. The summed E-state index contributed by atoms with van der Waals surface area (Å²) < 4.78 is 3.01. The van der Waals surface area contributed by atoms with Gasteiger partial charge in [0.1, 0.15) is 18.7 Å². The third kappa shape index (κ3) is 4.75. The van der Waals surface area contributed by atoms with Gasteiger partial charge in [-0.3, -0.25) is 24.9 Å². The summed E-state index contributed by atoms with van der Waals surface area (Å²) in [6.07, 6.45) is 3.99. The van der Waals surface area contributed by atoms with E-state index in [1.54, 1.807) is 17.9 Å². The van der Waals surface area contributed by atoms with Crippen LogP contribution in [0.3, 0.4) is 0 Å². The molecule has 0 saturated heterocycles. The normalized spacial score (nSPS) is 11.9. The lowest BCUT2D eigenvalue weighted by molar-refractivity contribution is -0.385. The SMILES string of the molecule is Cc1ccc(Cn2cnc(NC(=O)C(C)Cn3cc([N+](=O)[O-])cn3)n2)cc1. The molecule has 3 aromatic rings. The van der Waals surface area contributed by atoms with Crippen LogP contribution in [0.25, 0.3) is 0 Å². The van der Waals surface area contributed by atoms with Crippen molar-refractivity contribution in [2.45, 2.75) is 26.9 Å². The van der Waals surface area contributed by atoms with Crippen molar-refractivity contribution in [2.24, 2.45) is 5.92 Å². The number of carbonyl (C=O) groups is 1. The van der Waals surface area contributed by atoms with Crippen LogP contribution in [0.15, 0.2) is 43.0 Å². The summed E-state index contributed by atoms with van der Waals surface area (Å²) in [5.41, 5.74) is 2.15. The van der Waals surface area contributed by atoms with E-state index in [2.05, 4.69) is 20.5 Å². The first-order valence-electron chi connectivity index (χ1n) is 8.33. The molecule has 1 unspecified atom stereocenters. The Morgan fingerprint density at radius 2 is 2.04 bits per heavy atom. The topological polar surface area (TPSA) is 121 Å². The number of hydrogen-bond acceptors (Lipinski definition) is 6. The molecule has 10 nitrogen and oxygen atoms in total. The Morgan fingerprint density at radius 1 is 1.30 bits per heavy atom. The third-order valence-electron chi connectivity index (χ3n) is 3.98. The molecule has 0 bridgehead atoms. The van der Waals surface area contributed by atoms with Crippen molar-refractivity contribution in [1.82, 2.24) is 24.5 Å². The standard InChI is InChI=1S/C17H19N7O3/c1-12-3-5-14(6-4-12)9-23-11-18-17(21-23)20-16(25)13(2)8-22-10-15(7-19-22)24(26)27/h3-7,10-11,13H,8-9H2,1-2H3,(H,20,21,25). The van der Waals surface area contributed by atoms with Gasteiger partial charge < -0.3 is 0 Å². The molecule has 0 aliphatic heterocycles. The van der Waals surface area contributed by atoms with Gasteiger partial charge in [0, 0.05) is 0 Å². The van der Waals surface area contributed by atoms with E-state index in [-0.39, 0.29) is 24.1 Å². The molecule has 1 aromatic carbocycles. The van der Waals surface area contributed by atoms with Gasteiger partial charge in [-0.1, -0.05) is 36.8 Å². The number of carbonyl (C=O) groups excluding carboxylic acids is 1. The second-order valence-electron chi connectivity index (χ2n) is 6.32. The number of hydrogen-bond donors (Lipinski definition) is 1. The lowest BCUT2D eigenvalue weighted by Gasteiger charge is -2.10. The Balaban J connectivity index is 1.56. The van der Waals surface area contributed by atoms with Crippen LogP contribution in [0, 0.1) is 23.0 Å². The van der Waals surface area contributed by atoms with E-state index in [4.69, 9.17) is 0 Å². The molecule has 0 aliphatic carbocycles. The fourth-order valence-electron chi connectivity index (χ4n) is 2.45. The van der Waals surface area contributed by atoms with E-state index in [1.807, 2.05) is 31.2 Å². The summed E-state index contributed by atoms with van der Waals surface area (Å²) in [6.45, 7) is 4.49. The number of nitro groups is 1. The van der Waals surface area contributed by atoms with Crippen molar-refractivity contribution in [3.63, 3.8) is 0 Å². The van der Waals surface area contributed by atoms with Crippen LogP contribution in [-0.2, 0) is 17.9 Å². The van der Waals surface area contributed by atoms with Crippen LogP contribution < -0.4 is 5.32 Å². The minimum Gasteiger partial charge on any atom is -0.293 e. The fourth-order valence-corrected chi connectivity index (χ4v) is 2.45. The molecule has 2 heterocycles. The number of aryl methyl sites for hydroxylation is 1. The lowest BCUT2D eigenvalue weighted by atomic mass is 10.1. The van der Waals surface area contributed by atoms with E-state index in [0.29, 0.717) is 6.54 Å². The van der Waals surface area contributed by atoms with E-state index in [9.17, 15) is 14.9 Å². The maximum absolute atomic E-state index is 12.3. The number of aromatic nitrogens is 5. The fraction of sp³-hybridized carbons (Fsp3) is 0.294. The van der Waals surface area contributed by atoms with Crippen molar-refractivity contribution in [3.05, 3.63) is 64.2 Å². The molecule has 0 radical (unpaired) electrons. The van der Waals surface area contributed by atoms with Crippen molar-refractivity contribution in [1.29, 1.82) is 0 Å². The molecule has 27 heavy (non-hydrogen) atoms. The highest BCUT2D eigenvalue weighted by molar-refractivity contribution is 5.90. The van der Waals surface area contributed by atoms with Crippen LogP contribution in [0.5, 0.6) is 0 Å². The number of rotatable bonds is 7. The van der Waals surface area contributed by atoms with Crippen LogP contribution in [0.2, 0.25) is 0 Å². The average Bonchev–Trinajstić information content (AvgIpc) is 3.26. The van der Waals surface area contributed by atoms with Crippen molar-refractivity contribution < 1.29 is 9.72 Å². The Labute approximate surface area is 155 Å². The zero-order valence-corrected chi connectivity index (χ0v) is 14.9. The monoisotopic (exact) mass is 369 g/mol. The first-order chi connectivity index (χ1) is 12.9. The summed E-state index contributed by atoms with van der Waals surface area (Å²) >= 11 is 0. The van der Waals surface area contributed by atoms with Gasteiger partial charge in [0.2, 0.25) is 11.9 Å². The average molecular weight is 369 g/mol. The molecular formula is C17H19N7O3. The third-order valence-corrected chi connectivity index (χ3v) is 3.98. The van der Waals surface area contributed by atoms with Gasteiger partial charge in [-0.25, -0.2) is 9.67 Å². The minimum atomic E-state index is -0.529. The molecule has 0 aliphatic rings. The summed E-state index contributed by atoms with van der Waals surface area (Å²) in [5.74, 6) is -0.541. The largest absolute Gasteiger partial charge is 0.306 e. The predicted octanol–water partition coefficient (Wildman–Crippen LogP) is 2.01. The molecule has 140 valence electrons. The quantitative estimate of drug-likeness (QED) is 0.502. The molecule has 3 rings (SSSR count). The van der Waals surface area contributed by atoms with Gasteiger partial charge in [-0.05, 0) is 12.5 Å². The maximum Gasteiger partial charge on any atom is 0.306 e. The summed E-state index contributed by atoms with van der Waals surface area (Å²) in [7, 11) is 0. The van der Waals surface area contributed by atoms with Crippen molar-refractivity contribution >= 4 is 17.5 Å². The molecule has 10 heteroatoms. The van der Waals surface area contributed by atoms with Crippen LogP contribution in [-0.4, -0.2) is 35.4 Å². The van der Waals surface area contributed by atoms with E-state index < -0.39 is 10.8 Å². The number of nitrogens with one attached hydrogen (secondary N) is 1. The molecule has 0 saturated carbocycles. The van der Waals surface area contributed by atoms with Crippen molar-refractivity contribution in [3.8, 4) is 0 Å². The molecule has 0 fully saturated rings. The molecule has 0 spiro atoms. The second kappa shape index (κ2) is 7.77. The van der Waals surface area contributed by atoms with Crippen LogP contribution in [0.4, 0.5) is 11.6 Å². The number of benzene rings is 1. The highest BCUT2D eigenvalue weighted by Gasteiger charge is 2.18. The second-order valence-corrected chi connectivity index (χ2v) is 6.32. The minimum absolute atomic E-state index is 0.112. The Morgan fingerprint density at radius 3 is 2.70 bits per heavy atom. The van der Waals surface area contributed by atoms with Gasteiger partial charge in [0.25, 0.3) is 0 Å². The maximum atomic E-state index is 12.3. The molecule has 1 amide bonds. The summed E-state index contributed by atoms with van der Waals surface area (Å²) in [4.78, 5) is 26.5. The van der Waals surface area contributed by atoms with Gasteiger partial charge in [0.15, 0.2) is 0 Å². The van der Waals surface area contributed by atoms with Crippen LogP contribution >= 0.6 is 0 Å². The van der Waals surface area contributed by atoms with Gasteiger partial charge in [0.05, 0.1) is 23.9 Å². The van der Waals surface area contributed by atoms with Crippen molar-refractivity contribution in [2.75, 3.05) is 5.32 Å². The van der Waals surface area contributed by atoms with E-state index >= 15 is 0 Å². The number of nitrogens with zero attached hydrogens (tertiary/aromatic N) is 6. The highest BCUT2D eigenvalue weighted by Crippen LogP contribution is 2.11. The first kappa shape index (κ1) is 18.2. The zero-order chi connectivity index (χ0) is 19.4. The number of anilines is 1. The summed E-state index contributed by atoms with van der Waals surface area (Å²) in [6, 6.07) is 8.08. The van der Waals surface area contributed by atoms with Gasteiger partial charge >= 0.3 is 5.69 Å².